The van der Waals surface area contributed by atoms with Crippen LogP contribution in [-0.2, 0) is 18.9 Å². The lowest BCUT2D eigenvalue weighted by molar-refractivity contribution is -0.113. The van der Waals surface area contributed by atoms with E-state index in [1.54, 1.807) is 30.3 Å². The lowest BCUT2D eigenvalue weighted by Gasteiger charge is -2.13. The number of anilines is 1. The van der Waals surface area contributed by atoms with Crippen LogP contribution in [0, 0.1) is 13.8 Å². The van der Waals surface area contributed by atoms with Gasteiger partial charge in [0.1, 0.15) is 10.6 Å². The van der Waals surface area contributed by atoms with Crippen LogP contribution < -0.4 is 16.6 Å². The van der Waals surface area contributed by atoms with Crippen molar-refractivity contribution in [2.75, 3.05) is 11.1 Å². The van der Waals surface area contributed by atoms with Crippen molar-refractivity contribution in [3.8, 4) is 5.88 Å². The van der Waals surface area contributed by atoms with Crippen LogP contribution in [-0.4, -0.2) is 30.9 Å². The van der Waals surface area contributed by atoms with Gasteiger partial charge in [-0.15, -0.1) is 0 Å². The molecule has 10 heteroatoms. The van der Waals surface area contributed by atoms with Crippen molar-refractivity contribution >= 4 is 45.7 Å². The molecule has 33 heavy (non-hydrogen) atoms. The van der Waals surface area contributed by atoms with Gasteiger partial charge in [0.2, 0.25) is 11.8 Å². The van der Waals surface area contributed by atoms with Crippen LogP contribution >= 0.6 is 23.4 Å². The van der Waals surface area contributed by atoms with Gasteiger partial charge in [-0.25, -0.2) is 9.79 Å². The van der Waals surface area contributed by atoms with Gasteiger partial charge in [0.05, 0.1) is 11.4 Å². The maximum absolute atomic E-state index is 12.8. The summed E-state index contributed by atoms with van der Waals surface area (Å²) in [5.74, 6) is -0.966. The summed E-state index contributed by atoms with van der Waals surface area (Å²) in [5.41, 5.74) is 1.45. The van der Waals surface area contributed by atoms with E-state index in [-0.39, 0.29) is 22.3 Å². The molecule has 1 aromatic heterocycles. The third kappa shape index (κ3) is 5.55. The Morgan fingerprint density at radius 2 is 1.76 bits per heavy atom. The van der Waals surface area contributed by atoms with Crippen molar-refractivity contribution in [1.82, 2.24) is 9.13 Å². The number of hydrogen-bond donors (Lipinski definition) is 2. The number of nitrogens with one attached hydrogen (secondary N) is 1. The summed E-state index contributed by atoms with van der Waals surface area (Å²) in [6.07, 6.45) is 0. The van der Waals surface area contributed by atoms with Crippen molar-refractivity contribution in [2.24, 2.45) is 19.1 Å². The van der Waals surface area contributed by atoms with E-state index in [2.05, 4.69) is 10.3 Å². The number of aliphatic imine (C=N–C) groups is 1. The first kappa shape index (κ1) is 24.3. The number of halogens is 1. The van der Waals surface area contributed by atoms with Gasteiger partial charge < -0.3 is 10.4 Å². The number of thioether (sulfide) groups is 1. The van der Waals surface area contributed by atoms with Crippen LogP contribution in [0.3, 0.4) is 0 Å². The summed E-state index contributed by atoms with van der Waals surface area (Å²) < 4.78 is 1.84. The fourth-order valence-corrected chi connectivity index (χ4v) is 3.93. The van der Waals surface area contributed by atoms with E-state index in [0.717, 1.165) is 32.0 Å². The van der Waals surface area contributed by atoms with E-state index in [1.165, 1.54) is 14.1 Å². The Morgan fingerprint density at radius 1 is 1.09 bits per heavy atom. The van der Waals surface area contributed by atoms with Gasteiger partial charge in [-0.3, -0.25) is 18.7 Å². The second-order valence-electron chi connectivity index (χ2n) is 7.46. The number of aromatic nitrogens is 2. The fourth-order valence-electron chi connectivity index (χ4n) is 2.92. The number of hydrogen-bond acceptors (Lipinski definition) is 6. The normalized spacial score (nSPS) is 11.5. The third-order valence-corrected chi connectivity index (χ3v) is 6.29. The first-order valence-electron chi connectivity index (χ1n) is 9.92. The molecule has 0 spiro atoms. The molecule has 0 bridgehead atoms. The van der Waals surface area contributed by atoms with Crippen LogP contribution in [0.2, 0.25) is 5.02 Å². The summed E-state index contributed by atoms with van der Waals surface area (Å²) in [6.45, 7) is 3.79. The quantitative estimate of drug-likeness (QED) is 0.424. The molecular formula is C23H23ClN4O4S. The second kappa shape index (κ2) is 10.1. The van der Waals surface area contributed by atoms with Crippen LogP contribution in [0.1, 0.15) is 16.7 Å². The van der Waals surface area contributed by atoms with Crippen LogP contribution in [0.5, 0.6) is 5.88 Å². The molecule has 0 aliphatic carbocycles. The lowest BCUT2D eigenvalue weighted by Crippen LogP contribution is -2.39. The highest BCUT2D eigenvalue weighted by atomic mass is 35.5. The summed E-state index contributed by atoms with van der Waals surface area (Å²) in [7, 11) is 2.66. The average molecular weight is 487 g/mol. The minimum atomic E-state index is -0.709. The summed E-state index contributed by atoms with van der Waals surface area (Å²) in [6, 6.07) is 12.4. The second-order valence-corrected chi connectivity index (χ2v) is 8.83. The van der Waals surface area contributed by atoms with Gasteiger partial charge in [0.15, 0.2) is 0 Å². The monoisotopic (exact) mass is 486 g/mol. The molecule has 2 aromatic carbocycles. The Balaban J connectivity index is 1.96. The molecule has 0 radical (unpaired) electrons. The average Bonchev–Trinajstić information content (AvgIpc) is 2.78. The first-order valence-corrected chi connectivity index (χ1v) is 11.3. The summed E-state index contributed by atoms with van der Waals surface area (Å²) in [5, 5.41) is 14.0. The molecular weight excluding hydrogens is 464 g/mol. The zero-order valence-corrected chi connectivity index (χ0v) is 20.1. The summed E-state index contributed by atoms with van der Waals surface area (Å²) >= 11 is 7.09. The maximum atomic E-state index is 12.8. The highest BCUT2D eigenvalue weighted by Gasteiger charge is 2.22. The smallest absolute Gasteiger partial charge is 0.333 e. The molecule has 0 unspecified atom stereocenters. The van der Waals surface area contributed by atoms with Crippen molar-refractivity contribution in [1.29, 1.82) is 0 Å². The van der Waals surface area contributed by atoms with E-state index in [1.807, 2.05) is 26.0 Å². The molecule has 0 saturated heterocycles. The van der Waals surface area contributed by atoms with Gasteiger partial charge in [-0.2, -0.15) is 0 Å². The molecule has 1 amide bonds. The van der Waals surface area contributed by atoms with Crippen molar-refractivity contribution in [2.45, 2.75) is 13.8 Å². The van der Waals surface area contributed by atoms with Crippen LogP contribution in [0.4, 0.5) is 11.4 Å². The largest absolute Gasteiger partial charge is 0.494 e. The molecule has 0 aliphatic rings. The molecule has 1 heterocycles. The molecule has 0 saturated carbocycles. The number of aryl methyl sites for hydroxylation is 2. The number of nitrogens with zero attached hydrogens (tertiary/aromatic N) is 3. The number of rotatable bonds is 5. The molecule has 3 aromatic rings. The number of aromatic hydroxyl groups is 1. The predicted octanol–water partition coefficient (Wildman–Crippen LogP) is 3.51. The van der Waals surface area contributed by atoms with E-state index < -0.39 is 17.1 Å². The highest BCUT2D eigenvalue weighted by molar-refractivity contribution is 8.15. The lowest BCUT2D eigenvalue weighted by atomic mass is 10.2. The fraction of sp³-hybridized carbons (Fsp3) is 0.217. The molecule has 2 N–H and O–H groups in total. The van der Waals surface area contributed by atoms with Crippen molar-refractivity contribution in [3.05, 3.63) is 85.0 Å². The highest BCUT2D eigenvalue weighted by Crippen LogP contribution is 2.24. The maximum Gasteiger partial charge on any atom is 0.333 e. The number of amides is 1. The van der Waals surface area contributed by atoms with Crippen LogP contribution in [0.15, 0.2) is 57.0 Å². The Morgan fingerprint density at radius 3 is 2.39 bits per heavy atom. The number of benzene rings is 2. The van der Waals surface area contributed by atoms with Gasteiger partial charge in [-0.1, -0.05) is 47.1 Å². The Labute approximate surface area is 199 Å². The van der Waals surface area contributed by atoms with Gasteiger partial charge in [-0.05, 0) is 43.7 Å². The predicted molar refractivity (Wildman–Crippen MR) is 133 cm³/mol. The van der Waals surface area contributed by atoms with E-state index in [4.69, 9.17) is 11.6 Å². The van der Waals surface area contributed by atoms with Gasteiger partial charge >= 0.3 is 5.69 Å². The molecule has 3 rings (SSSR count). The van der Waals surface area contributed by atoms with Gasteiger partial charge in [0, 0.05) is 24.8 Å². The molecule has 0 atom stereocenters. The van der Waals surface area contributed by atoms with Crippen LogP contribution in [0.25, 0.3) is 0 Å². The van der Waals surface area contributed by atoms with Crippen molar-refractivity contribution in [3.63, 3.8) is 0 Å². The molecule has 8 nitrogen and oxygen atoms in total. The van der Waals surface area contributed by atoms with E-state index >= 15 is 0 Å². The standard InChI is InChI=1S/C23H23ClN4O4S/c1-13-5-8-15(9-6-13)26-20(19-21(30)27(3)23(32)28(4)22(19)31)33-12-18(29)25-16-10-7-14(2)17(24)11-16/h5-11,30H,12H2,1-4H3,(H,25,29). The third-order valence-electron chi connectivity index (χ3n) is 4.91. The van der Waals surface area contributed by atoms with Crippen molar-refractivity contribution < 1.29 is 9.90 Å². The van der Waals surface area contributed by atoms with Gasteiger partial charge in [0.25, 0.3) is 5.56 Å². The molecule has 172 valence electrons. The summed E-state index contributed by atoms with van der Waals surface area (Å²) in [4.78, 5) is 42.0. The Bertz CT molecular complexity index is 1360. The topological polar surface area (TPSA) is 106 Å². The number of carbonyl (C=O) groups excluding carboxylic acids is 1. The van der Waals surface area contributed by atoms with E-state index in [9.17, 15) is 19.5 Å². The Hall–Kier alpha value is -3.30. The van der Waals surface area contributed by atoms with E-state index in [0.29, 0.717) is 16.4 Å². The SMILES string of the molecule is Cc1ccc(N=C(SCC(=O)Nc2ccc(C)c(Cl)c2)c2c(O)n(C)c(=O)n(C)c2=O)cc1. The zero-order chi connectivity index (χ0) is 24.3. The zero-order valence-electron chi connectivity index (χ0n) is 18.5. The minimum Gasteiger partial charge on any atom is -0.494 e. The molecule has 0 fully saturated rings. The Kier molecular flexibility index (Phi) is 7.45. The minimum absolute atomic E-state index is 0.0956. The molecule has 0 aliphatic heterocycles. The number of carbonyl (C=O) groups is 1. The first-order chi connectivity index (χ1) is 15.6.